The molecule has 0 aromatic heterocycles. The van der Waals surface area contributed by atoms with Crippen molar-refractivity contribution in [1.29, 1.82) is 0 Å². The number of hydrogen-bond acceptors (Lipinski definition) is 7. The van der Waals surface area contributed by atoms with Crippen molar-refractivity contribution in [3.8, 4) is 0 Å². The Morgan fingerprint density at radius 1 is 1.44 bits per heavy atom. The minimum absolute atomic E-state index is 0.105. The standard InChI is InChI=1S/C7H7FNO6PS2/c1-2-18(13,14)16(8)17-7(12)15-9-5(10)3-4-6(9)11/h2H,1,3-4H2. The molecule has 0 bridgehead atoms. The van der Waals surface area contributed by atoms with Crippen LogP contribution in [0.25, 0.3) is 0 Å². The van der Waals surface area contributed by atoms with Crippen LogP contribution in [0.3, 0.4) is 0 Å². The van der Waals surface area contributed by atoms with E-state index in [1.54, 1.807) is 0 Å². The van der Waals surface area contributed by atoms with Gasteiger partial charge in [-0.2, -0.15) is 4.20 Å². The molecule has 1 aliphatic heterocycles. The van der Waals surface area contributed by atoms with E-state index in [2.05, 4.69) is 11.4 Å². The molecule has 11 heteroatoms. The van der Waals surface area contributed by atoms with Crippen molar-refractivity contribution in [1.82, 2.24) is 5.06 Å². The third-order valence-electron chi connectivity index (χ3n) is 1.73. The zero-order valence-corrected chi connectivity index (χ0v) is 11.3. The molecule has 1 aliphatic rings. The first-order chi connectivity index (χ1) is 8.27. The summed E-state index contributed by atoms with van der Waals surface area (Å²) in [6, 6.07) is 0. The van der Waals surface area contributed by atoms with Gasteiger partial charge < -0.3 is 4.84 Å². The number of imide groups is 1. The van der Waals surface area contributed by atoms with Gasteiger partial charge in [-0.05, 0) is 0 Å². The summed E-state index contributed by atoms with van der Waals surface area (Å²) in [4.78, 5) is 37.5. The molecule has 18 heavy (non-hydrogen) atoms. The number of amides is 2. The van der Waals surface area contributed by atoms with E-state index in [9.17, 15) is 27.0 Å². The van der Waals surface area contributed by atoms with Crippen molar-refractivity contribution in [2.75, 3.05) is 0 Å². The zero-order chi connectivity index (χ0) is 13.9. The van der Waals surface area contributed by atoms with Crippen LogP contribution in [0.15, 0.2) is 12.0 Å². The van der Waals surface area contributed by atoms with Crippen LogP contribution in [0, 0.1) is 0 Å². The third kappa shape index (κ3) is 3.50. The first-order valence-corrected chi connectivity index (χ1v) is 9.17. The number of carbonyl (C=O) groups excluding carboxylic acids is 3. The largest absolute Gasteiger partial charge is 0.399 e. The fourth-order valence-corrected chi connectivity index (χ4v) is 4.51. The lowest BCUT2D eigenvalue weighted by molar-refractivity contribution is -0.169. The highest BCUT2D eigenvalue weighted by atomic mass is 33.1. The zero-order valence-electron chi connectivity index (χ0n) is 8.74. The summed E-state index contributed by atoms with van der Waals surface area (Å²) < 4.78 is 35.1. The van der Waals surface area contributed by atoms with Crippen LogP contribution in [0.2, 0.25) is 0 Å². The molecule has 0 radical (unpaired) electrons. The Kier molecular flexibility index (Phi) is 4.83. The summed E-state index contributed by atoms with van der Waals surface area (Å²) in [5, 5.41) is -0.790. The van der Waals surface area contributed by atoms with Crippen LogP contribution in [-0.4, -0.2) is 30.6 Å². The van der Waals surface area contributed by atoms with Gasteiger partial charge in [0.15, 0.2) is 0 Å². The Morgan fingerprint density at radius 2 is 1.94 bits per heavy atom. The minimum atomic E-state index is -4.22. The summed E-state index contributed by atoms with van der Waals surface area (Å²) in [5.74, 6) is -1.47. The van der Waals surface area contributed by atoms with Crippen LogP contribution < -0.4 is 0 Å². The molecule has 1 unspecified atom stereocenters. The van der Waals surface area contributed by atoms with E-state index in [4.69, 9.17) is 0 Å². The monoisotopic (exact) mass is 315 g/mol. The van der Waals surface area contributed by atoms with E-state index in [1.165, 1.54) is 0 Å². The molecule has 0 aromatic rings. The lowest BCUT2D eigenvalue weighted by Crippen LogP contribution is -2.30. The van der Waals surface area contributed by atoms with Gasteiger partial charge in [0, 0.05) is 29.6 Å². The van der Waals surface area contributed by atoms with Gasteiger partial charge in [-0.3, -0.25) is 9.59 Å². The summed E-state index contributed by atoms with van der Waals surface area (Å²) in [6.07, 6.45) is -0.210. The average Bonchev–Trinajstić information content (AvgIpc) is 2.60. The van der Waals surface area contributed by atoms with E-state index in [-0.39, 0.29) is 29.3 Å². The number of halogens is 1. The van der Waals surface area contributed by atoms with E-state index >= 15 is 0 Å². The van der Waals surface area contributed by atoms with Crippen LogP contribution in [-0.2, 0) is 23.9 Å². The maximum absolute atomic E-state index is 13.2. The number of hydrogen-bond donors (Lipinski definition) is 0. The second-order valence-corrected chi connectivity index (χ2v) is 9.90. The minimum Gasteiger partial charge on any atom is -0.319 e. The van der Waals surface area contributed by atoms with Gasteiger partial charge in [0.05, 0.1) is 0 Å². The van der Waals surface area contributed by atoms with Crippen molar-refractivity contribution < 1.29 is 31.8 Å². The Hall–Kier alpha value is -0.990. The summed E-state index contributed by atoms with van der Waals surface area (Å²) in [5.41, 5.74) is 0. The molecule has 1 saturated heterocycles. The molecule has 0 aromatic carbocycles. The number of nitrogens with zero attached hydrogens (tertiary/aromatic N) is 1. The Balaban J connectivity index is 2.60. The summed E-state index contributed by atoms with van der Waals surface area (Å²) >= 11 is -0.246. The Labute approximate surface area is 107 Å². The second-order valence-electron chi connectivity index (χ2n) is 2.91. The van der Waals surface area contributed by atoms with E-state index < -0.39 is 33.2 Å². The highest BCUT2D eigenvalue weighted by molar-refractivity contribution is 8.88. The molecule has 0 N–H and O–H groups in total. The third-order valence-corrected chi connectivity index (χ3v) is 7.98. The number of rotatable bonds is 4. The first kappa shape index (κ1) is 15.1. The molecule has 0 spiro atoms. The first-order valence-electron chi connectivity index (χ1n) is 4.37. The van der Waals surface area contributed by atoms with Crippen LogP contribution in [0.4, 0.5) is 8.99 Å². The Bertz CT molecular complexity index is 490. The van der Waals surface area contributed by atoms with Gasteiger partial charge in [0.25, 0.3) is 18.5 Å². The molecular formula is C7H7FNO6PS2. The van der Waals surface area contributed by atoms with Gasteiger partial charge >= 0.3 is 5.30 Å². The molecule has 0 saturated carbocycles. The smallest absolute Gasteiger partial charge is 0.319 e. The SMILES string of the molecule is C=CS(=O)(=O)P(F)SC(=O)ON1C(=O)CCC1=O. The van der Waals surface area contributed by atoms with Crippen molar-refractivity contribution in [3.05, 3.63) is 12.0 Å². The molecule has 7 nitrogen and oxygen atoms in total. The van der Waals surface area contributed by atoms with Gasteiger partial charge in [-0.1, -0.05) is 6.58 Å². The van der Waals surface area contributed by atoms with Crippen LogP contribution in [0.1, 0.15) is 12.8 Å². The van der Waals surface area contributed by atoms with Crippen molar-refractivity contribution in [2.24, 2.45) is 0 Å². The molecule has 1 heterocycles. The fourth-order valence-electron chi connectivity index (χ4n) is 0.918. The molecule has 0 aliphatic carbocycles. The predicted octanol–water partition coefficient (Wildman–Crippen LogP) is 1.67. The van der Waals surface area contributed by atoms with Crippen molar-refractivity contribution in [3.63, 3.8) is 0 Å². The van der Waals surface area contributed by atoms with Crippen LogP contribution in [0.5, 0.6) is 0 Å². The van der Waals surface area contributed by atoms with Gasteiger partial charge in [0.2, 0.25) is 9.46 Å². The average molecular weight is 315 g/mol. The summed E-state index contributed by atoms with van der Waals surface area (Å²) in [7, 11) is -4.22. The van der Waals surface area contributed by atoms with E-state index in [0.717, 1.165) is 0 Å². The maximum atomic E-state index is 13.2. The molecule has 1 fully saturated rings. The Morgan fingerprint density at radius 3 is 2.39 bits per heavy atom. The van der Waals surface area contributed by atoms with Gasteiger partial charge in [-0.15, -0.1) is 5.06 Å². The lowest BCUT2D eigenvalue weighted by Gasteiger charge is -2.12. The molecule has 2 amide bonds. The van der Waals surface area contributed by atoms with E-state index in [0.29, 0.717) is 5.41 Å². The normalized spacial score (nSPS) is 17.7. The molecule has 1 rings (SSSR count). The molecule has 100 valence electrons. The molecule has 1 atom stereocenters. The topological polar surface area (TPSA) is 97.8 Å². The number of carbonyl (C=O) groups is 3. The molecular weight excluding hydrogens is 308 g/mol. The van der Waals surface area contributed by atoms with E-state index in [1.807, 2.05) is 0 Å². The van der Waals surface area contributed by atoms with Crippen molar-refractivity contribution >= 4 is 44.6 Å². The van der Waals surface area contributed by atoms with Gasteiger partial charge in [-0.25, -0.2) is 13.2 Å². The van der Waals surface area contributed by atoms with Gasteiger partial charge in [0.1, 0.15) is 0 Å². The predicted molar refractivity (Wildman–Crippen MR) is 62.3 cm³/mol. The van der Waals surface area contributed by atoms with Crippen molar-refractivity contribution in [2.45, 2.75) is 12.8 Å². The lowest BCUT2D eigenvalue weighted by atomic mass is 10.4. The number of hydroxylamine groups is 2. The highest BCUT2D eigenvalue weighted by Gasteiger charge is 2.35. The highest BCUT2D eigenvalue weighted by Crippen LogP contribution is 2.58. The fraction of sp³-hybridized carbons (Fsp3) is 0.286. The van der Waals surface area contributed by atoms with Crippen LogP contribution >= 0.6 is 18.0 Å². The second kappa shape index (κ2) is 5.77. The summed E-state index contributed by atoms with van der Waals surface area (Å²) in [6.45, 7) is -0.373. The quantitative estimate of drug-likeness (QED) is 0.575. The maximum Gasteiger partial charge on any atom is 0.399 e.